The summed E-state index contributed by atoms with van der Waals surface area (Å²) < 4.78 is 24.0. The largest absolute Gasteiger partial charge is 0.493 e. The van der Waals surface area contributed by atoms with E-state index >= 15 is 0 Å². The first-order chi connectivity index (χ1) is 5.65. The third kappa shape index (κ3) is 1.94. The highest BCUT2D eigenvalue weighted by Gasteiger charge is 2.06. The van der Waals surface area contributed by atoms with Crippen LogP contribution >= 0.6 is 11.6 Å². The lowest BCUT2D eigenvalue weighted by Gasteiger charge is -2.01. The molecule has 1 N–H and O–H groups in total. The second kappa shape index (κ2) is 3.84. The van der Waals surface area contributed by atoms with E-state index in [0.29, 0.717) is 0 Å². The van der Waals surface area contributed by atoms with Gasteiger partial charge in [0.2, 0.25) is 0 Å². The first kappa shape index (κ1) is 9.44. The number of pyridine rings is 1. The van der Waals surface area contributed by atoms with Gasteiger partial charge >= 0.3 is 0 Å². The van der Waals surface area contributed by atoms with Crippen molar-refractivity contribution in [2.45, 2.75) is 4.90 Å². The van der Waals surface area contributed by atoms with E-state index < -0.39 is 11.1 Å². The van der Waals surface area contributed by atoms with Crippen molar-refractivity contribution >= 4 is 22.7 Å². The lowest BCUT2D eigenvalue weighted by Crippen LogP contribution is -1.93. The number of rotatable bonds is 2. The van der Waals surface area contributed by atoms with Crippen LogP contribution in [0.4, 0.5) is 0 Å². The van der Waals surface area contributed by atoms with Crippen LogP contribution in [0.3, 0.4) is 0 Å². The molecular formula is C6H6ClNO3S. The van der Waals surface area contributed by atoms with Crippen molar-refractivity contribution in [2.75, 3.05) is 7.11 Å². The topological polar surface area (TPSA) is 59.4 Å². The average molecular weight is 208 g/mol. The van der Waals surface area contributed by atoms with Gasteiger partial charge in [0.25, 0.3) is 0 Å². The Hall–Kier alpha value is -0.650. The maximum Gasteiger partial charge on any atom is 0.188 e. The third-order valence-electron chi connectivity index (χ3n) is 1.20. The van der Waals surface area contributed by atoms with Crippen LogP contribution in [-0.4, -0.2) is 20.9 Å². The van der Waals surface area contributed by atoms with Crippen LogP contribution in [0.5, 0.6) is 5.75 Å². The maximum absolute atomic E-state index is 10.6. The molecule has 1 atom stereocenters. The second-order valence-corrected chi connectivity index (χ2v) is 3.24. The van der Waals surface area contributed by atoms with Crippen LogP contribution in [0.2, 0.25) is 5.15 Å². The van der Waals surface area contributed by atoms with Gasteiger partial charge in [-0.2, -0.15) is 0 Å². The number of aromatic nitrogens is 1. The number of halogens is 1. The number of ether oxygens (including phenoxy) is 1. The average Bonchev–Trinajstić information content (AvgIpc) is 2.05. The van der Waals surface area contributed by atoms with Gasteiger partial charge in [-0.15, -0.1) is 0 Å². The summed E-state index contributed by atoms with van der Waals surface area (Å²) in [6, 6.07) is 1.37. The van der Waals surface area contributed by atoms with Crippen molar-refractivity contribution in [1.82, 2.24) is 4.98 Å². The van der Waals surface area contributed by atoms with Crippen LogP contribution in [0, 0.1) is 0 Å². The minimum atomic E-state index is -2.05. The Bertz CT molecular complexity index is 318. The Morgan fingerprint density at radius 1 is 1.75 bits per heavy atom. The molecule has 0 radical (unpaired) electrons. The molecule has 0 aliphatic rings. The molecule has 0 aliphatic carbocycles. The van der Waals surface area contributed by atoms with Gasteiger partial charge in [0.15, 0.2) is 22.0 Å². The third-order valence-corrected chi connectivity index (χ3v) is 2.11. The maximum atomic E-state index is 10.6. The summed E-state index contributed by atoms with van der Waals surface area (Å²) in [5.41, 5.74) is 0. The second-order valence-electron chi connectivity index (χ2n) is 1.91. The van der Waals surface area contributed by atoms with Gasteiger partial charge in [-0.1, -0.05) is 11.6 Å². The number of hydrogen-bond donors (Lipinski definition) is 1. The van der Waals surface area contributed by atoms with Crippen LogP contribution in [0.1, 0.15) is 0 Å². The summed E-state index contributed by atoms with van der Waals surface area (Å²) in [4.78, 5) is 3.82. The number of hydrogen-bond acceptors (Lipinski definition) is 3. The van der Waals surface area contributed by atoms with Gasteiger partial charge < -0.3 is 9.29 Å². The summed E-state index contributed by atoms with van der Waals surface area (Å²) in [5, 5.41) is 0.173. The van der Waals surface area contributed by atoms with E-state index in [1.807, 2.05) is 0 Å². The molecule has 1 unspecified atom stereocenters. The first-order valence-electron chi connectivity index (χ1n) is 2.95. The van der Waals surface area contributed by atoms with Crippen LogP contribution in [0.15, 0.2) is 17.2 Å². The molecule has 66 valence electrons. The van der Waals surface area contributed by atoms with Crippen molar-refractivity contribution in [2.24, 2.45) is 0 Å². The highest BCUT2D eigenvalue weighted by Crippen LogP contribution is 2.22. The van der Waals surface area contributed by atoms with Gasteiger partial charge in [0, 0.05) is 12.3 Å². The summed E-state index contributed by atoms with van der Waals surface area (Å²) >= 11 is 3.53. The van der Waals surface area contributed by atoms with Gasteiger partial charge in [0.05, 0.1) is 12.0 Å². The quantitative estimate of drug-likeness (QED) is 0.587. The monoisotopic (exact) mass is 207 g/mol. The van der Waals surface area contributed by atoms with Gasteiger partial charge in [-0.05, 0) is 0 Å². The number of nitrogens with zero attached hydrogens (tertiary/aromatic N) is 1. The Morgan fingerprint density at radius 3 is 2.92 bits per heavy atom. The van der Waals surface area contributed by atoms with Crippen LogP contribution in [-0.2, 0) is 11.1 Å². The van der Waals surface area contributed by atoms with Crippen LogP contribution in [0.25, 0.3) is 0 Å². The Balaban J connectivity index is 3.13. The molecular weight excluding hydrogens is 202 g/mol. The Kier molecular flexibility index (Phi) is 3.02. The molecule has 0 saturated heterocycles. The first-order valence-corrected chi connectivity index (χ1v) is 4.44. The minimum absolute atomic E-state index is 0.163. The molecule has 0 amide bonds. The molecule has 6 heteroatoms. The zero-order valence-corrected chi connectivity index (χ0v) is 7.72. The van der Waals surface area contributed by atoms with E-state index in [-0.39, 0.29) is 15.8 Å². The van der Waals surface area contributed by atoms with Crippen molar-refractivity contribution in [3.63, 3.8) is 0 Å². The van der Waals surface area contributed by atoms with E-state index in [9.17, 15) is 4.21 Å². The van der Waals surface area contributed by atoms with E-state index in [2.05, 4.69) is 4.98 Å². The molecule has 0 fully saturated rings. The molecule has 0 aromatic carbocycles. The van der Waals surface area contributed by atoms with Gasteiger partial charge in [-0.25, -0.2) is 9.19 Å². The zero-order valence-electron chi connectivity index (χ0n) is 6.15. The van der Waals surface area contributed by atoms with Crippen molar-refractivity contribution in [3.05, 3.63) is 17.4 Å². The Labute approximate surface area is 76.8 Å². The van der Waals surface area contributed by atoms with E-state index in [0.717, 1.165) is 0 Å². The predicted octanol–water partition coefficient (Wildman–Crippen LogP) is 1.32. The lowest BCUT2D eigenvalue weighted by molar-refractivity contribution is 0.411. The normalized spacial score (nSPS) is 12.6. The van der Waals surface area contributed by atoms with Crippen molar-refractivity contribution in [3.8, 4) is 5.75 Å². The van der Waals surface area contributed by atoms with Crippen molar-refractivity contribution in [1.29, 1.82) is 0 Å². The Morgan fingerprint density at radius 2 is 2.42 bits per heavy atom. The summed E-state index contributed by atoms with van der Waals surface area (Å²) in [6.07, 6.45) is 1.22. The highest BCUT2D eigenvalue weighted by molar-refractivity contribution is 7.79. The molecule has 4 nitrogen and oxygen atoms in total. The van der Waals surface area contributed by atoms with E-state index in [1.54, 1.807) is 0 Å². The fourth-order valence-electron chi connectivity index (χ4n) is 0.649. The lowest BCUT2D eigenvalue weighted by atomic mass is 10.5. The smallest absolute Gasteiger partial charge is 0.188 e. The van der Waals surface area contributed by atoms with Gasteiger partial charge in [0.1, 0.15) is 0 Å². The number of methoxy groups -OCH3 is 1. The molecule has 1 rings (SSSR count). The highest BCUT2D eigenvalue weighted by atomic mass is 35.5. The molecule has 12 heavy (non-hydrogen) atoms. The summed E-state index contributed by atoms with van der Waals surface area (Å²) in [5.74, 6) is 0.288. The summed E-state index contributed by atoms with van der Waals surface area (Å²) in [7, 11) is 1.41. The van der Waals surface area contributed by atoms with Crippen LogP contribution < -0.4 is 4.74 Å². The molecule has 1 aromatic rings. The van der Waals surface area contributed by atoms with E-state index in [1.165, 1.54) is 19.4 Å². The molecule has 1 heterocycles. The standard InChI is InChI=1S/C6H6ClNO3S/c1-11-5-2-4(12(9)10)3-8-6(5)7/h2-3H,1H3,(H,9,10). The predicted molar refractivity (Wildman–Crippen MR) is 44.8 cm³/mol. The van der Waals surface area contributed by atoms with Crippen molar-refractivity contribution < 1.29 is 13.5 Å². The van der Waals surface area contributed by atoms with E-state index in [4.69, 9.17) is 20.9 Å². The molecule has 0 saturated carbocycles. The SMILES string of the molecule is COc1cc(S(=O)O)cnc1Cl. The molecule has 0 aliphatic heterocycles. The molecule has 0 bridgehead atoms. The summed E-state index contributed by atoms with van der Waals surface area (Å²) in [6.45, 7) is 0. The zero-order chi connectivity index (χ0) is 9.14. The molecule has 0 spiro atoms. The van der Waals surface area contributed by atoms with Gasteiger partial charge in [-0.3, -0.25) is 0 Å². The molecule has 1 aromatic heterocycles. The fraction of sp³-hybridized carbons (Fsp3) is 0.167. The fourth-order valence-corrected chi connectivity index (χ4v) is 1.18. The minimum Gasteiger partial charge on any atom is -0.493 e.